The lowest BCUT2D eigenvalue weighted by Gasteiger charge is -2.15. The Kier molecular flexibility index (Phi) is 5.38. The maximum absolute atomic E-state index is 12.4. The maximum Gasteiger partial charge on any atom is 0.271 e. The Balaban J connectivity index is 1.79. The van der Waals surface area contributed by atoms with Crippen LogP contribution in [-0.2, 0) is 4.79 Å². The second-order valence-corrected chi connectivity index (χ2v) is 6.35. The summed E-state index contributed by atoms with van der Waals surface area (Å²) in [5.74, 6) is -0.312. The quantitative estimate of drug-likeness (QED) is 0.501. The predicted molar refractivity (Wildman–Crippen MR) is 101 cm³/mol. The van der Waals surface area contributed by atoms with Crippen molar-refractivity contribution >= 4 is 51.4 Å². The van der Waals surface area contributed by atoms with Crippen LogP contribution >= 0.6 is 23.2 Å². The van der Waals surface area contributed by atoms with Crippen LogP contribution in [0.5, 0.6) is 5.88 Å². The van der Waals surface area contributed by atoms with Gasteiger partial charge in [-0.15, -0.1) is 0 Å². The average molecular weight is 407 g/mol. The van der Waals surface area contributed by atoms with E-state index in [4.69, 9.17) is 27.9 Å². The van der Waals surface area contributed by atoms with Crippen molar-refractivity contribution in [1.29, 1.82) is 0 Å². The summed E-state index contributed by atoms with van der Waals surface area (Å²) in [6.07, 6.45) is 0.298. The van der Waals surface area contributed by atoms with E-state index in [1.54, 1.807) is 19.1 Å². The minimum Gasteiger partial charge on any atom is -0.464 e. The molecule has 10 heteroatoms. The van der Waals surface area contributed by atoms with Gasteiger partial charge in [0.05, 0.1) is 26.5 Å². The van der Waals surface area contributed by atoms with E-state index in [2.05, 4.69) is 15.3 Å². The third-order valence-corrected chi connectivity index (χ3v) is 4.19. The lowest BCUT2D eigenvalue weighted by molar-refractivity contribution is -0.384. The van der Waals surface area contributed by atoms with Crippen molar-refractivity contribution in [1.82, 2.24) is 9.97 Å². The number of fused-ring (bicyclic) bond motifs is 1. The van der Waals surface area contributed by atoms with E-state index < -0.39 is 16.9 Å². The number of carbonyl (C=O) groups excluding carboxylic acids is 1. The summed E-state index contributed by atoms with van der Waals surface area (Å²) >= 11 is 11.9. The summed E-state index contributed by atoms with van der Waals surface area (Å²) < 4.78 is 5.62. The summed E-state index contributed by atoms with van der Waals surface area (Å²) in [6.45, 7) is 1.54. The molecule has 138 valence electrons. The highest BCUT2D eigenvalue weighted by Crippen LogP contribution is 2.27. The molecule has 0 saturated carbocycles. The van der Waals surface area contributed by atoms with Crippen LogP contribution in [0.1, 0.15) is 6.92 Å². The number of nitrogens with zero attached hydrogens (tertiary/aromatic N) is 3. The summed E-state index contributed by atoms with van der Waals surface area (Å²) in [7, 11) is 0. The molecule has 1 N–H and O–H groups in total. The fraction of sp³-hybridized carbons (Fsp3) is 0.118. The van der Waals surface area contributed by atoms with Gasteiger partial charge in [-0.3, -0.25) is 14.9 Å². The zero-order valence-electron chi connectivity index (χ0n) is 13.8. The molecule has 0 aliphatic rings. The summed E-state index contributed by atoms with van der Waals surface area (Å²) in [4.78, 5) is 30.7. The van der Waals surface area contributed by atoms with Gasteiger partial charge in [0.1, 0.15) is 6.33 Å². The van der Waals surface area contributed by atoms with Crippen molar-refractivity contribution in [3.05, 3.63) is 62.9 Å². The molecule has 0 radical (unpaired) electrons. The molecular formula is C17H12Cl2N4O4. The van der Waals surface area contributed by atoms with Gasteiger partial charge in [-0.25, -0.2) is 9.97 Å². The first kappa shape index (κ1) is 18.8. The summed E-state index contributed by atoms with van der Waals surface area (Å²) in [6, 6.07) is 8.78. The third kappa shape index (κ3) is 4.24. The summed E-state index contributed by atoms with van der Waals surface area (Å²) in [5.41, 5.74) is 0.627. The number of non-ortho nitro benzene ring substituents is 1. The smallest absolute Gasteiger partial charge is 0.271 e. The van der Waals surface area contributed by atoms with Crippen molar-refractivity contribution < 1.29 is 14.5 Å². The van der Waals surface area contributed by atoms with Gasteiger partial charge in [-0.1, -0.05) is 23.2 Å². The zero-order chi connectivity index (χ0) is 19.6. The molecule has 1 unspecified atom stereocenters. The number of ether oxygens (including phenoxy) is 1. The second-order valence-electron chi connectivity index (χ2n) is 5.51. The van der Waals surface area contributed by atoms with Crippen LogP contribution in [0.4, 0.5) is 11.4 Å². The molecule has 3 rings (SSSR count). The molecule has 3 aromatic rings. The van der Waals surface area contributed by atoms with Gasteiger partial charge in [0, 0.05) is 17.2 Å². The van der Waals surface area contributed by atoms with Crippen LogP contribution in [0.15, 0.2) is 42.7 Å². The molecule has 0 spiro atoms. The zero-order valence-corrected chi connectivity index (χ0v) is 15.4. The van der Waals surface area contributed by atoms with E-state index in [1.165, 1.54) is 30.6 Å². The number of anilines is 1. The molecule has 0 aliphatic carbocycles. The standard InChI is InChI=1S/C17H12Cl2N4O4/c1-9(16(24)22-14-5-2-10(18)6-13(14)19)27-17-12-4-3-11(23(25)26)7-15(12)20-8-21-17/h2-9H,1H3,(H,22,24). The average Bonchev–Trinajstić information content (AvgIpc) is 2.63. The molecule has 0 fully saturated rings. The Morgan fingerprint density at radius 1 is 1.22 bits per heavy atom. The molecule has 0 aliphatic heterocycles. The number of benzene rings is 2. The van der Waals surface area contributed by atoms with Crippen LogP contribution in [-0.4, -0.2) is 26.9 Å². The van der Waals surface area contributed by atoms with E-state index in [0.717, 1.165) is 0 Å². The normalized spacial score (nSPS) is 11.8. The van der Waals surface area contributed by atoms with Gasteiger partial charge in [-0.2, -0.15) is 0 Å². The van der Waals surface area contributed by atoms with Gasteiger partial charge in [0.25, 0.3) is 11.6 Å². The van der Waals surface area contributed by atoms with Gasteiger partial charge < -0.3 is 10.1 Å². The molecule has 1 atom stereocenters. The molecule has 8 nitrogen and oxygen atoms in total. The van der Waals surface area contributed by atoms with Gasteiger partial charge >= 0.3 is 0 Å². The fourth-order valence-electron chi connectivity index (χ4n) is 2.27. The number of hydrogen-bond donors (Lipinski definition) is 1. The number of nitrogens with one attached hydrogen (secondary N) is 1. The molecular weight excluding hydrogens is 395 g/mol. The number of nitro benzene ring substituents is 1. The maximum atomic E-state index is 12.4. The molecule has 1 amide bonds. The second kappa shape index (κ2) is 7.73. The monoisotopic (exact) mass is 406 g/mol. The molecule has 0 saturated heterocycles. The van der Waals surface area contributed by atoms with Gasteiger partial charge in [0.2, 0.25) is 5.88 Å². The van der Waals surface area contributed by atoms with Crippen LogP contribution in [0, 0.1) is 10.1 Å². The number of rotatable bonds is 5. The van der Waals surface area contributed by atoms with Crippen LogP contribution < -0.4 is 10.1 Å². The van der Waals surface area contributed by atoms with E-state index >= 15 is 0 Å². The predicted octanol–water partition coefficient (Wildman–Crippen LogP) is 4.25. The molecule has 1 aromatic heterocycles. The highest BCUT2D eigenvalue weighted by atomic mass is 35.5. The minimum absolute atomic E-state index is 0.102. The number of hydrogen-bond acceptors (Lipinski definition) is 6. The first-order valence-electron chi connectivity index (χ1n) is 7.67. The van der Waals surface area contributed by atoms with Crippen molar-refractivity contribution in [3.63, 3.8) is 0 Å². The Labute approximate surface area is 163 Å². The number of halogens is 2. The molecule has 0 bridgehead atoms. The number of carbonyl (C=O) groups is 1. The lowest BCUT2D eigenvalue weighted by atomic mass is 10.2. The first-order valence-corrected chi connectivity index (χ1v) is 8.42. The highest BCUT2D eigenvalue weighted by molar-refractivity contribution is 6.36. The summed E-state index contributed by atoms with van der Waals surface area (Å²) in [5, 5.41) is 14.7. The van der Waals surface area contributed by atoms with Gasteiger partial charge in [-0.05, 0) is 31.2 Å². The SMILES string of the molecule is CC(Oc1ncnc2cc([N+](=O)[O-])ccc12)C(=O)Nc1ccc(Cl)cc1Cl. The van der Waals surface area contributed by atoms with E-state index in [1.807, 2.05) is 0 Å². The van der Waals surface area contributed by atoms with Crippen molar-refractivity contribution in [2.24, 2.45) is 0 Å². The number of amides is 1. The molecule has 1 heterocycles. The highest BCUT2D eigenvalue weighted by Gasteiger charge is 2.19. The van der Waals surface area contributed by atoms with Crippen LogP contribution in [0.2, 0.25) is 10.0 Å². The number of aromatic nitrogens is 2. The molecule has 27 heavy (non-hydrogen) atoms. The van der Waals surface area contributed by atoms with E-state index in [9.17, 15) is 14.9 Å². The van der Waals surface area contributed by atoms with Crippen LogP contribution in [0.25, 0.3) is 10.9 Å². The minimum atomic E-state index is -0.912. The Hall–Kier alpha value is -2.97. The Morgan fingerprint density at radius 3 is 2.70 bits per heavy atom. The van der Waals surface area contributed by atoms with Crippen molar-refractivity contribution in [2.75, 3.05) is 5.32 Å². The third-order valence-electron chi connectivity index (χ3n) is 3.64. The van der Waals surface area contributed by atoms with Gasteiger partial charge in [0.15, 0.2) is 6.10 Å². The van der Waals surface area contributed by atoms with E-state index in [-0.39, 0.29) is 11.6 Å². The number of nitro groups is 1. The fourth-order valence-corrected chi connectivity index (χ4v) is 2.73. The largest absolute Gasteiger partial charge is 0.464 e. The van der Waals surface area contributed by atoms with Crippen molar-refractivity contribution in [2.45, 2.75) is 13.0 Å². The Bertz CT molecular complexity index is 1040. The van der Waals surface area contributed by atoms with E-state index in [0.29, 0.717) is 26.6 Å². The topological polar surface area (TPSA) is 107 Å². The Morgan fingerprint density at radius 2 is 2.00 bits per heavy atom. The molecule has 2 aromatic carbocycles. The van der Waals surface area contributed by atoms with Crippen molar-refractivity contribution in [3.8, 4) is 5.88 Å². The lowest BCUT2D eigenvalue weighted by Crippen LogP contribution is -2.30. The van der Waals surface area contributed by atoms with Crippen LogP contribution in [0.3, 0.4) is 0 Å². The first-order chi connectivity index (χ1) is 12.8.